The molecule has 0 fully saturated rings. The van der Waals surface area contributed by atoms with Gasteiger partial charge >= 0.3 is 0 Å². The van der Waals surface area contributed by atoms with Gasteiger partial charge in [0.15, 0.2) is 0 Å². The van der Waals surface area contributed by atoms with Crippen molar-refractivity contribution in [2.75, 3.05) is 13.7 Å². The number of rotatable bonds is 7. The third-order valence-electron chi connectivity index (χ3n) is 4.19. The van der Waals surface area contributed by atoms with Gasteiger partial charge in [-0.3, -0.25) is 0 Å². The lowest BCUT2D eigenvalue weighted by Crippen LogP contribution is -2.33. The summed E-state index contributed by atoms with van der Waals surface area (Å²) in [6, 6.07) is 13.1. The van der Waals surface area contributed by atoms with Crippen LogP contribution in [0, 0.1) is 0 Å². The zero-order valence-electron chi connectivity index (χ0n) is 12.8. The Kier molecular flexibility index (Phi) is 4.42. The first kappa shape index (κ1) is 14.4. The van der Waals surface area contributed by atoms with E-state index in [0.29, 0.717) is 12.5 Å². The van der Waals surface area contributed by atoms with E-state index in [1.807, 2.05) is 6.07 Å². The zero-order chi connectivity index (χ0) is 14.7. The highest BCUT2D eigenvalue weighted by Crippen LogP contribution is 2.43. The average Bonchev–Trinajstić information content (AvgIpc) is 2.92. The number of benzene rings is 1. The van der Waals surface area contributed by atoms with E-state index in [1.165, 1.54) is 11.1 Å². The molecule has 0 amide bonds. The largest absolute Gasteiger partial charge is 0.462 e. The van der Waals surface area contributed by atoms with E-state index in [4.69, 9.17) is 9.15 Å². The van der Waals surface area contributed by atoms with Crippen molar-refractivity contribution in [1.29, 1.82) is 0 Å². The molecule has 0 saturated carbocycles. The number of methoxy groups -OCH3 is 1. The lowest BCUT2D eigenvalue weighted by atomic mass is 9.73. The number of fused-ring (bicyclic) bond motifs is 1. The molecule has 0 aliphatic heterocycles. The Hall–Kier alpha value is -1.58. The van der Waals surface area contributed by atoms with Gasteiger partial charge in [-0.2, -0.15) is 0 Å². The van der Waals surface area contributed by atoms with Crippen molar-refractivity contribution in [1.82, 2.24) is 5.32 Å². The van der Waals surface area contributed by atoms with Gasteiger partial charge in [0, 0.05) is 13.0 Å². The molecule has 1 heterocycles. The second kappa shape index (κ2) is 6.46. The molecule has 3 nitrogen and oxygen atoms in total. The van der Waals surface area contributed by atoms with E-state index in [1.54, 1.807) is 7.11 Å². The van der Waals surface area contributed by atoms with Crippen LogP contribution in [0.3, 0.4) is 0 Å². The lowest BCUT2D eigenvalue weighted by Gasteiger charge is -2.36. The molecule has 1 aromatic carbocycles. The van der Waals surface area contributed by atoms with Gasteiger partial charge in [0.1, 0.15) is 18.1 Å². The molecule has 1 N–H and O–H groups in total. The van der Waals surface area contributed by atoms with E-state index in [-0.39, 0.29) is 6.04 Å². The molecule has 2 unspecified atom stereocenters. The predicted octanol–water partition coefficient (Wildman–Crippen LogP) is 3.81. The molecule has 2 atom stereocenters. The summed E-state index contributed by atoms with van der Waals surface area (Å²) in [7, 11) is 1.69. The fourth-order valence-corrected chi connectivity index (χ4v) is 3.12. The van der Waals surface area contributed by atoms with Crippen LogP contribution in [0.15, 0.2) is 40.8 Å². The van der Waals surface area contributed by atoms with E-state index < -0.39 is 0 Å². The fraction of sp³-hybridized carbons (Fsp3) is 0.444. The Bertz CT molecular complexity index is 590. The SMILES string of the molecule is CCCNC(c1ccc(COC)o1)C1Cc2ccccc21. The van der Waals surface area contributed by atoms with Crippen molar-refractivity contribution in [2.24, 2.45) is 0 Å². The highest BCUT2D eigenvalue weighted by molar-refractivity contribution is 5.42. The molecule has 21 heavy (non-hydrogen) atoms. The highest BCUT2D eigenvalue weighted by Gasteiger charge is 2.34. The van der Waals surface area contributed by atoms with Crippen LogP contribution >= 0.6 is 0 Å². The minimum absolute atomic E-state index is 0.255. The molecule has 3 heteroatoms. The average molecular weight is 285 g/mol. The van der Waals surface area contributed by atoms with Crippen molar-refractivity contribution < 1.29 is 9.15 Å². The molecular formula is C18H23NO2. The topological polar surface area (TPSA) is 34.4 Å². The number of furan rings is 1. The minimum Gasteiger partial charge on any atom is -0.462 e. The molecule has 1 aliphatic rings. The molecule has 0 spiro atoms. The maximum Gasteiger partial charge on any atom is 0.129 e. The predicted molar refractivity (Wildman–Crippen MR) is 83.3 cm³/mol. The quantitative estimate of drug-likeness (QED) is 0.840. The first-order valence-corrected chi connectivity index (χ1v) is 7.72. The lowest BCUT2D eigenvalue weighted by molar-refractivity contribution is 0.160. The van der Waals surface area contributed by atoms with Crippen LogP contribution in [0.25, 0.3) is 0 Å². The molecular weight excluding hydrogens is 262 g/mol. The van der Waals surface area contributed by atoms with Gasteiger partial charge in [0.2, 0.25) is 0 Å². The van der Waals surface area contributed by atoms with Crippen LogP contribution < -0.4 is 5.32 Å². The summed E-state index contributed by atoms with van der Waals surface area (Å²) in [5, 5.41) is 3.65. The summed E-state index contributed by atoms with van der Waals surface area (Å²) >= 11 is 0. The Labute approximate surface area is 126 Å². The molecule has 2 aromatic rings. The number of ether oxygens (including phenoxy) is 1. The van der Waals surface area contributed by atoms with Crippen molar-refractivity contribution in [3.8, 4) is 0 Å². The van der Waals surface area contributed by atoms with Gasteiger partial charge in [-0.15, -0.1) is 0 Å². The van der Waals surface area contributed by atoms with E-state index >= 15 is 0 Å². The molecule has 0 bridgehead atoms. The monoisotopic (exact) mass is 285 g/mol. The smallest absolute Gasteiger partial charge is 0.129 e. The summed E-state index contributed by atoms with van der Waals surface area (Å²) in [4.78, 5) is 0. The van der Waals surface area contributed by atoms with Gasteiger partial charge in [-0.1, -0.05) is 31.2 Å². The highest BCUT2D eigenvalue weighted by atomic mass is 16.5. The number of hydrogen-bond donors (Lipinski definition) is 1. The van der Waals surface area contributed by atoms with E-state index in [0.717, 1.165) is 30.9 Å². The molecule has 1 aliphatic carbocycles. The van der Waals surface area contributed by atoms with Crippen molar-refractivity contribution in [2.45, 2.75) is 38.3 Å². The second-order valence-corrected chi connectivity index (χ2v) is 5.68. The minimum atomic E-state index is 0.255. The number of hydrogen-bond acceptors (Lipinski definition) is 3. The molecule has 1 aromatic heterocycles. The van der Waals surface area contributed by atoms with Crippen LogP contribution in [0.2, 0.25) is 0 Å². The standard InChI is InChI=1S/C18H23NO2/c1-3-10-19-18(17-9-8-14(21-17)12-20-2)16-11-13-6-4-5-7-15(13)16/h4-9,16,18-19H,3,10-12H2,1-2H3. The summed E-state index contributed by atoms with van der Waals surface area (Å²) < 4.78 is 11.1. The van der Waals surface area contributed by atoms with Gasteiger partial charge in [-0.25, -0.2) is 0 Å². The van der Waals surface area contributed by atoms with Crippen LogP contribution in [-0.2, 0) is 17.8 Å². The van der Waals surface area contributed by atoms with Crippen LogP contribution in [0.1, 0.15) is 48.0 Å². The zero-order valence-corrected chi connectivity index (χ0v) is 12.8. The Balaban J connectivity index is 1.81. The Morgan fingerprint density at radius 1 is 1.29 bits per heavy atom. The second-order valence-electron chi connectivity index (χ2n) is 5.68. The van der Waals surface area contributed by atoms with E-state index in [2.05, 4.69) is 42.6 Å². The van der Waals surface area contributed by atoms with E-state index in [9.17, 15) is 0 Å². The van der Waals surface area contributed by atoms with Crippen LogP contribution in [-0.4, -0.2) is 13.7 Å². The summed E-state index contributed by atoms with van der Waals surface area (Å²) in [5.41, 5.74) is 2.92. The van der Waals surface area contributed by atoms with Gasteiger partial charge in [-0.05, 0) is 42.6 Å². The van der Waals surface area contributed by atoms with Crippen molar-refractivity contribution in [3.63, 3.8) is 0 Å². The first-order chi connectivity index (χ1) is 10.3. The van der Waals surface area contributed by atoms with Gasteiger partial charge in [0.05, 0.1) is 6.04 Å². The summed E-state index contributed by atoms with van der Waals surface area (Å²) in [6.07, 6.45) is 2.24. The Morgan fingerprint density at radius 3 is 2.90 bits per heavy atom. The first-order valence-electron chi connectivity index (χ1n) is 7.72. The summed E-state index contributed by atoms with van der Waals surface area (Å²) in [5.74, 6) is 2.42. The Morgan fingerprint density at radius 2 is 2.14 bits per heavy atom. The van der Waals surface area contributed by atoms with Crippen molar-refractivity contribution in [3.05, 3.63) is 59.0 Å². The third kappa shape index (κ3) is 2.89. The maximum absolute atomic E-state index is 5.97. The summed E-state index contributed by atoms with van der Waals surface area (Å²) in [6.45, 7) is 3.72. The van der Waals surface area contributed by atoms with Gasteiger partial charge < -0.3 is 14.5 Å². The maximum atomic E-state index is 5.97. The fourth-order valence-electron chi connectivity index (χ4n) is 3.12. The normalized spacial score (nSPS) is 18.1. The van der Waals surface area contributed by atoms with Crippen LogP contribution in [0.5, 0.6) is 0 Å². The van der Waals surface area contributed by atoms with Gasteiger partial charge in [0.25, 0.3) is 0 Å². The molecule has 0 radical (unpaired) electrons. The number of nitrogens with one attached hydrogen (secondary N) is 1. The molecule has 3 rings (SSSR count). The third-order valence-corrected chi connectivity index (χ3v) is 4.19. The van der Waals surface area contributed by atoms with Crippen molar-refractivity contribution >= 4 is 0 Å². The molecule has 0 saturated heterocycles. The van der Waals surface area contributed by atoms with Crippen LogP contribution in [0.4, 0.5) is 0 Å². The molecule has 112 valence electrons.